The molecule has 0 amide bonds. The van der Waals surface area contributed by atoms with Crippen molar-refractivity contribution in [2.45, 2.75) is 33.7 Å². The van der Waals surface area contributed by atoms with Gasteiger partial charge in [-0.1, -0.05) is 0 Å². The van der Waals surface area contributed by atoms with Crippen LogP contribution in [0.5, 0.6) is 0 Å². The van der Waals surface area contributed by atoms with Crippen molar-refractivity contribution in [1.29, 1.82) is 0 Å². The number of aliphatic imine (C=N–C) groups is 1. The van der Waals surface area contributed by atoms with E-state index in [1.54, 1.807) is 0 Å². The number of hydrogen-bond acceptors (Lipinski definition) is 5. The lowest BCUT2D eigenvalue weighted by Crippen LogP contribution is -2.39. The lowest BCUT2D eigenvalue weighted by atomic mass is 10.4. The third-order valence-corrected chi connectivity index (χ3v) is 4.29. The summed E-state index contributed by atoms with van der Waals surface area (Å²) < 4.78 is 29.3. The molecular formula is C16H31N5O3S. The Morgan fingerprint density at radius 3 is 2.68 bits per heavy atom. The molecule has 25 heavy (non-hydrogen) atoms. The molecule has 144 valence electrons. The maximum absolute atomic E-state index is 11.0. The Morgan fingerprint density at radius 1 is 1.32 bits per heavy atom. The van der Waals surface area contributed by atoms with E-state index in [0.717, 1.165) is 36.9 Å². The van der Waals surface area contributed by atoms with Crippen LogP contribution in [0.1, 0.15) is 24.7 Å². The maximum Gasteiger partial charge on any atom is 0.191 e. The number of nitrogens with zero attached hydrogens (tertiary/aromatic N) is 3. The normalized spacial score (nSPS) is 12.4. The number of guanidine groups is 1. The molecule has 2 N–H and O–H groups in total. The van der Waals surface area contributed by atoms with Gasteiger partial charge in [0.05, 0.1) is 24.7 Å². The van der Waals surface area contributed by atoms with E-state index in [0.29, 0.717) is 19.7 Å². The minimum absolute atomic E-state index is 0.0491. The maximum atomic E-state index is 11.0. The number of ether oxygens (including phenoxy) is 1. The van der Waals surface area contributed by atoms with Gasteiger partial charge in [0.25, 0.3) is 0 Å². The van der Waals surface area contributed by atoms with Gasteiger partial charge in [-0.15, -0.1) is 0 Å². The zero-order valence-electron chi connectivity index (χ0n) is 15.7. The van der Waals surface area contributed by atoms with Gasteiger partial charge in [-0.2, -0.15) is 5.10 Å². The quantitative estimate of drug-likeness (QED) is 0.333. The summed E-state index contributed by atoms with van der Waals surface area (Å²) in [5.74, 6) is 0.788. The predicted molar refractivity (Wildman–Crippen MR) is 101 cm³/mol. The molecule has 1 aromatic rings. The lowest BCUT2D eigenvalue weighted by molar-refractivity contribution is 0.154. The first kappa shape index (κ1) is 21.4. The zero-order valence-corrected chi connectivity index (χ0v) is 16.5. The van der Waals surface area contributed by atoms with Crippen LogP contribution in [0.4, 0.5) is 0 Å². The van der Waals surface area contributed by atoms with Crippen molar-refractivity contribution < 1.29 is 13.2 Å². The molecule has 0 aliphatic carbocycles. The highest BCUT2D eigenvalue weighted by Gasteiger charge is 2.02. The molecule has 0 atom stereocenters. The summed E-state index contributed by atoms with van der Waals surface area (Å²) in [7, 11) is -2.96. The van der Waals surface area contributed by atoms with Crippen LogP contribution in [0.15, 0.2) is 11.1 Å². The van der Waals surface area contributed by atoms with Crippen molar-refractivity contribution in [1.82, 2.24) is 20.4 Å². The molecule has 9 heteroatoms. The molecule has 1 aromatic heterocycles. The summed E-state index contributed by atoms with van der Waals surface area (Å²) in [5, 5.41) is 10.8. The second-order valence-corrected chi connectivity index (χ2v) is 8.19. The predicted octanol–water partition coefficient (Wildman–Crippen LogP) is 0.506. The summed E-state index contributed by atoms with van der Waals surface area (Å²) in [6, 6.07) is 2.07. The SMILES string of the molecule is CCNC(=NCCCn1nc(C)cc1C)NCCOCCS(C)(=O)=O. The van der Waals surface area contributed by atoms with E-state index in [1.165, 1.54) is 6.26 Å². The molecule has 0 bridgehead atoms. The third-order valence-electron chi connectivity index (χ3n) is 3.38. The lowest BCUT2D eigenvalue weighted by Gasteiger charge is -2.11. The van der Waals surface area contributed by atoms with Gasteiger partial charge in [0.15, 0.2) is 5.96 Å². The van der Waals surface area contributed by atoms with Crippen LogP contribution >= 0.6 is 0 Å². The van der Waals surface area contributed by atoms with Crippen LogP contribution in [0.3, 0.4) is 0 Å². The molecule has 0 saturated carbocycles. The summed E-state index contributed by atoms with van der Waals surface area (Å²) in [6.07, 6.45) is 2.11. The van der Waals surface area contributed by atoms with Gasteiger partial charge in [0, 0.05) is 38.1 Å². The topological polar surface area (TPSA) is 97.6 Å². The molecule has 0 saturated heterocycles. The van der Waals surface area contributed by atoms with Crippen molar-refractivity contribution >= 4 is 15.8 Å². The fourth-order valence-electron chi connectivity index (χ4n) is 2.21. The van der Waals surface area contributed by atoms with E-state index in [4.69, 9.17) is 4.74 Å². The average molecular weight is 374 g/mol. The van der Waals surface area contributed by atoms with E-state index < -0.39 is 9.84 Å². The second kappa shape index (κ2) is 11.1. The highest BCUT2D eigenvalue weighted by atomic mass is 32.2. The van der Waals surface area contributed by atoms with E-state index >= 15 is 0 Å². The van der Waals surface area contributed by atoms with Crippen molar-refractivity contribution in [2.24, 2.45) is 4.99 Å². The Kier molecular flexibility index (Phi) is 9.51. The fourth-order valence-corrected chi connectivity index (χ4v) is 2.63. The number of hydrogen-bond donors (Lipinski definition) is 2. The van der Waals surface area contributed by atoms with Crippen LogP contribution in [-0.4, -0.2) is 69.0 Å². The third kappa shape index (κ3) is 10.1. The molecule has 0 aromatic carbocycles. The van der Waals surface area contributed by atoms with Gasteiger partial charge in [0.2, 0.25) is 0 Å². The first-order valence-corrected chi connectivity index (χ1v) is 10.7. The van der Waals surface area contributed by atoms with E-state index in [-0.39, 0.29) is 12.4 Å². The molecule has 0 spiro atoms. The minimum atomic E-state index is -2.96. The van der Waals surface area contributed by atoms with Crippen molar-refractivity contribution in [3.8, 4) is 0 Å². The van der Waals surface area contributed by atoms with Crippen LogP contribution in [-0.2, 0) is 21.1 Å². The number of rotatable bonds is 11. The largest absolute Gasteiger partial charge is 0.379 e. The van der Waals surface area contributed by atoms with Crippen molar-refractivity contribution in [3.63, 3.8) is 0 Å². The second-order valence-electron chi connectivity index (χ2n) is 5.93. The molecule has 1 rings (SSSR count). The van der Waals surface area contributed by atoms with Crippen LogP contribution in [0.2, 0.25) is 0 Å². The van der Waals surface area contributed by atoms with Crippen molar-refractivity contribution in [2.75, 3.05) is 44.9 Å². The van der Waals surface area contributed by atoms with Crippen LogP contribution in [0, 0.1) is 13.8 Å². The Bertz CT molecular complexity index is 640. The highest BCUT2D eigenvalue weighted by molar-refractivity contribution is 7.90. The first-order valence-electron chi connectivity index (χ1n) is 8.60. The van der Waals surface area contributed by atoms with Gasteiger partial charge < -0.3 is 15.4 Å². The molecule has 0 aliphatic rings. The van der Waals surface area contributed by atoms with E-state index in [1.807, 2.05) is 18.5 Å². The Morgan fingerprint density at radius 2 is 2.08 bits per heavy atom. The van der Waals surface area contributed by atoms with Gasteiger partial charge >= 0.3 is 0 Å². The average Bonchev–Trinajstić information content (AvgIpc) is 2.83. The smallest absolute Gasteiger partial charge is 0.191 e. The zero-order chi connectivity index (χ0) is 18.7. The van der Waals surface area contributed by atoms with E-state index in [2.05, 4.69) is 33.7 Å². The van der Waals surface area contributed by atoms with Crippen LogP contribution < -0.4 is 10.6 Å². The molecule has 0 aliphatic heterocycles. The summed E-state index contributed by atoms with van der Waals surface area (Å²) in [6.45, 7) is 9.61. The molecule has 1 heterocycles. The fraction of sp³-hybridized carbons (Fsp3) is 0.750. The number of sulfone groups is 1. The van der Waals surface area contributed by atoms with Crippen LogP contribution in [0.25, 0.3) is 0 Å². The highest BCUT2D eigenvalue weighted by Crippen LogP contribution is 2.02. The standard InChI is InChI=1S/C16H31N5O3S/c1-5-17-16(19-8-10-24-11-12-25(4,22)23)18-7-6-9-21-15(3)13-14(2)20-21/h13H,5-12H2,1-4H3,(H2,17,18,19). The minimum Gasteiger partial charge on any atom is -0.379 e. The van der Waals surface area contributed by atoms with Crippen molar-refractivity contribution in [3.05, 3.63) is 17.5 Å². The molecule has 0 unspecified atom stereocenters. The van der Waals surface area contributed by atoms with Gasteiger partial charge in [0.1, 0.15) is 9.84 Å². The number of nitrogens with one attached hydrogen (secondary N) is 2. The Balaban J connectivity index is 2.25. The van der Waals surface area contributed by atoms with Gasteiger partial charge in [-0.3, -0.25) is 9.67 Å². The summed E-state index contributed by atoms with van der Waals surface area (Å²) in [4.78, 5) is 4.52. The van der Waals surface area contributed by atoms with Gasteiger partial charge in [-0.25, -0.2) is 8.42 Å². The molecule has 0 radical (unpaired) electrons. The molecule has 0 fully saturated rings. The van der Waals surface area contributed by atoms with E-state index in [9.17, 15) is 8.42 Å². The number of aryl methyl sites for hydroxylation is 3. The summed E-state index contributed by atoms with van der Waals surface area (Å²) >= 11 is 0. The molecule has 8 nitrogen and oxygen atoms in total. The van der Waals surface area contributed by atoms with Gasteiger partial charge in [-0.05, 0) is 33.3 Å². The Labute approximate surface area is 151 Å². The first-order chi connectivity index (χ1) is 11.8. The summed E-state index contributed by atoms with van der Waals surface area (Å²) in [5.41, 5.74) is 2.20. The monoisotopic (exact) mass is 373 g/mol. The Hall–Kier alpha value is -1.61. The molecular weight excluding hydrogens is 342 g/mol. The number of aromatic nitrogens is 2.